The van der Waals surface area contributed by atoms with Crippen molar-refractivity contribution in [1.29, 1.82) is 0 Å². The van der Waals surface area contributed by atoms with Crippen LogP contribution in [0.5, 0.6) is 0 Å². The monoisotopic (exact) mass is 528 g/mol. The SMILES string of the molecule is CCNC(=NCc1ccc(C(F)(F)F)cc1)NC1CCN(C(=O)OCC)CC1.I. The van der Waals surface area contributed by atoms with Crippen molar-refractivity contribution in [2.75, 3.05) is 26.2 Å². The third kappa shape index (κ3) is 8.27. The van der Waals surface area contributed by atoms with E-state index in [1.54, 1.807) is 11.8 Å². The van der Waals surface area contributed by atoms with Crippen LogP contribution in [-0.4, -0.2) is 49.2 Å². The summed E-state index contributed by atoms with van der Waals surface area (Å²) in [5.41, 5.74) is 0.0287. The fraction of sp³-hybridized carbons (Fsp3) is 0.579. The van der Waals surface area contributed by atoms with Gasteiger partial charge >= 0.3 is 12.3 Å². The number of alkyl halides is 3. The van der Waals surface area contributed by atoms with E-state index in [1.807, 2.05) is 6.92 Å². The number of ether oxygens (including phenoxy) is 1. The summed E-state index contributed by atoms with van der Waals surface area (Å²) < 4.78 is 42.9. The molecule has 2 N–H and O–H groups in total. The zero-order valence-corrected chi connectivity index (χ0v) is 18.9. The molecule has 0 aliphatic carbocycles. The van der Waals surface area contributed by atoms with Gasteiger partial charge in [0.25, 0.3) is 0 Å². The van der Waals surface area contributed by atoms with Gasteiger partial charge in [0, 0.05) is 25.7 Å². The fourth-order valence-corrected chi connectivity index (χ4v) is 2.90. The summed E-state index contributed by atoms with van der Waals surface area (Å²) in [5, 5.41) is 6.48. The molecule has 164 valence electrons. The maximum absolute atomic E-state index is 12.6. The van der Waals surface area contributed by atoms with Crippen LogP contribution in [0.25, 0.3) is 0 Å². The van der Waals surface area contributed by atoms with E-state index in [1.165, 1.54) is 12.1 Å². The minimum absolute atomic E-state index is 0. The Morgan fingerprint density at radius 3 is 2.34 bits per heavy atom. The van der Waals surface area contributed by atoms with Crippen molar-refractivity contribution < 1.29 is 22.7 Å². The highest BCUT2D eigenvalue weighted by Gasteiger charge is 2.30. The highest BCUT2D eigenvalue weighted by Crippen LogP contribution is 2.29. The number of aliphatic imine (C=N–C) groups is 1. The van der Waals surface area contributed by atoms with Gasteiger partial charge < -0.3 is 20.3 Å². The van der Waals surface area contributed by atoms with E-state index >= 15 is 0 Å². The number of rotatable bonds is 5. The van der Waals surface area contributed by atoms with Gasteiger partial charge in [0.1, 0.15) is 0 Å². The first-order valence-corrected chi connectivity index (χ1v) is 9.46. The summed E-state index contributed by atoms with van der Waals surface area (Å²) in [6, 6.07) is 5.17. The second-order valence-corrected chi connectivity index (χ2v) is 6.49. The van der Waals surface area contributed by atoms with Crippen LogP contribution in [0, 0.1) is 0 Å². The molecule has 1 heterocycles. The summed E-state index contributed by atoms with van der Waals surface area (Å²) in [4.78, 5) is 17.9. The molecule has 0 spiro atoms. The van der Waals surface area contributed by atoms with Crippen LogP contribution in [0.3, 0.4) is 0 Å². The molecule has 1 aromatic carbocycles. The average Bonchev–Trinajstić information content (AvgIpc) is 2.66. The van der Waals surface area contributed by atoms with Gasteiger partial charge in [-0.1, -0.05) is 12.1 Å². The maximum Gasteiger partial charge on any atom is 0.416 e. The lowest BCUT2D eigenvalue weighted by atomic mass is 10.1. The van der Waals surface area contributed by atoms with Gasteiger partial charge in [-0.05, 0) is 44.4 Å². The molecule has 0 bridgehead atoms. The molecule has 1 aromatic rings. The molecule has 29 heavy (non-hydrogen) atoms. The van der Waals surface area contributed by atoms with Crippen LogP contribution in [0.4, 0.5) is 18.0 Å². The molecule has 1 aliphatic heterocycles. The number of nitrogens with zero attached hydrogens (tertiary/aromatic N) is 2. The average molecular weight is 528 g/mol. The Balaban J connectivity index is 0.00000420. The normalized spacial score (nSPS) is 15.5. The molecule has 2 rings (SSSR count). The van der Waals surface area contributed by atoms with E-state index in [0.29, 0.717) is 37.8 Å². The Morgan fingerprint density at radius 2 is 1.83 bits per heavy atom. The first kappa shape index (κ1) is 25.3. The lowest BCUT2D eigenvalue weighted by Gasteiger charge is -2.32. The van der Waals surface area contributed by atoms with Gasteiger partial charge in [0.15, 0.2) is 5.96 Å². The van der Waals surface area contributed by atoms with Crippen molar-refractivity contribution in [2.45, 2.75) is 45.5 Å². The smallest absolute Gasteiger partial charge is 0.416 e. The van der Waals surface area contributed by atoms with Gasteiger partial charge in [0.2, 0.25) is 0 Å². The standard InChI is InChI=1S/C19H27F3N4O2.HI/c1-3-23-17(24-13-14-5-7-15(8-6-14)19(20,21)22)25-16-9-11-26(12-10-16)18(27)28-4-2;/h5-8,16H,3-4,9-13H2,1-2H3,(H2,23,24,25);1H. The topological polar surface area (TPSA) is 66.0 Å². The number of likely N-dealkylation sites (tertiary alicyclic amines) is 1. The number of nitrogens with one attached hydrogen (secondary N) is 2. The van der Waals surface area contributed by atoms with E-state index in [0.717, 1.165) is 25.0 Å². The van der Waals surface area contributed by atoms with Gasteiger partial charge in [-0.3, -0.25) is 0 Å². The molecule has 1 fully saturated rings. The maximum atomic E-state index is 12.6. The summed E-state index contributed by atoms with van der Waals surface area (Å²) in [5.74, 6) is 0.608. The summed E-state index contributed by atoms with van der Waals surface area (Å²) in [6.45, 7) is 6.23. The molecule has 1 amide bonds. The number of piperidine rings is 1. The van der Waals surface area contributed by atoms with Crippen LogP contribution < -0.4 is 10.6 Å². The number of hydrogen-bond donors (Lipinski definition) is 2. The highest BCUT2D eigenvalue weighted by molar-refractivity contribution is 14.0. The summed E-state index contributed by atoms with van der Waals surface area (Å²) in [7, 11) is 0. The van der Waals surface area contributed by atoms with E-state index in [2.05, 4.69) is 15.6 Å². The largest absolute Gasteiger partial charge is 0.450 e. The van der Waals surface area contributed by atoms with E-state index in [4.69, 9.17) is 4.74 Å². The molecule has 1 saturated heterocycles. The number of hydrogen-bond acceptors (Lipinski definition) is 3. The number of carbonyl (C=O) groups excluding carboxylic acids is 1. The van der Waals surface area contributed by atoms with Crippen LogP contribution in [0.15, 0.2) is 29.3 Å². The highest BCUT2D eigenvalue weighted by atomic mass is 127. The third-order valence-electron chi connectivity index (χ3n) is 4.41. The number of guanidine groups is 1. The lowest BCUT2D eigenvalue weighted by molar-refractivity contribution is -0.137. The fourth-order valence-electron chi connectivity index (χ4n) is 2.90. The van der Waals surface area contributed by atoms with Crippen LogP contribution in [0.1, 0.15) is 37.8 Å². The molecule has 0 atom stereocenters. The predicted molar refractivity (Wildman–Crippen MR) is 116 cm³/mol. The van der Waals surface area contributed by atoms with Crippen LogP contribution in [-0.2, 0) is 17.5 Å². The lowest BCUT2D eigenvalue weighted by Crippen LogP contribution is -2.49. The minimum Gasteiger partial charge on any atom is -0.450 e. The Bertz CT molecular complexity index is 660. The number of halogens is 4. The quantitative estimate of drug-likeness (QED) is 0.345. The molecule has 0 unspecified atom stereocenters. The van der Waals surface area contributed by atoms with Crippen molar-refractivity contribution in [3.63, 3.8) is 0 Å². The third-order valence-corrected chi connectivity index (χ3v) is 4.41. The van der Waals surface area contributed by atoms with Gasteiger partial charge in [0.05, 0.1) is 18.7 Å². The number of amides is 1. The zero-order valence-electron chi connectivity index (χ0n) is 16.6. The zero-order chi connectivity index (χ0) is 20.6. The molecular weight excluding hydrogens is 500 g/mol. The minimum atomic E-state index is -4.34. The number of carbonyl (C=O) groups is 1. The first-order valence-electron chi connectivity index (χ1n) is 9.46. The van der Waals surface area contributed by atoms with Gasteiger partial charge in [-0.2, -0.15) is 13.2 Å². The van der Waals surface area contributed by atoms with Crippen molar-refractivity contribution >= 4 is 36.0 Å². The van der Waals surface area contributed by atoms with Crippen molar-refractivity contribution in [3.05, 3.63) is 35.4 Å². The molecule has 6 nitrogen and oxygen atoms in total. The Hall–Kier alpha value is -1.72. The Kier molecular flexibility index (Phi) is 10.5. The molecule has 0 aromatic heterocycles. The van der Waals surface area contributed by atoms with E-state index in [9.17, 15) is 18.0 Å². The van der Waals surface area contributed by atoms with E-state index in [-0.39, 0.29) is 42.7 Å². The van der Waals surface area contributed by atoms with Crippen LogP contribution in [0.2, 0.25) is 0 Å². The molecule has 1 aliphatic rings. The second-order valence-electron chi connectivity index (χ2n) is 6.49. The van der Waals surface area contributed by atoms with Crippen LogP contribution >= 0.6 is 24.0 Å². The molecule has 0 radical (unpaired) electrons. The Morgan fingerprint density at radius 1 is 1.21 bits per heavy atom. The van der Waals surface area contributed by atoms with Gasteiger partial charge in [-0.25, -0.2) is 9.79 Å². The Labute approximate surface area is 186 Å². The molecule has 10 heteroatoms. The predicted octanol–water partition coefficient (Wildman–Crippen LogP) is 4.00. The first-order chi connectivity index (χ1) is 13.3. The molecular formula is C19H28F3IN4O2. The summed E-state index contributed by atoms with van der Waals surface area (Å²) >= 11 is 0. The van der Waals surface area contributed by atoms with E-state index < -0.39 is 11.7 Å². The van der Waals surface area contributed by atoms with Gasteiger partial charge in [-0.15, -0.1) is 24.0 Å². The summed E-state index contributed by atoms with van der Waals surface area (Å²) in [6.07, 6.45) is -3.09. The number of benzene rings is 1. The van der Waals surface area contributed by atoms with Crippen molar-refractivity contribution in [3.8, 4) is 0 Å². The van der Waals surface area contributed by atoms with Crippen molar-refractivity contribution in [2.24, 2.45) is 4.99 Å². The molecule has 0 saturated carbocycles. The second kappa shape index (κ2) is 12.1. The van der Waals surface area contributed by atoms with Crippen molar-refractivity contribution in [1.82, 2.24) is 15.5 Å².